The van der Waals surface area contributed by atoms with Crippen LogP contribution in [0.1, 0.15) is 35.9 Å². The number of amides is 1. The van der Waals surface area contributed by atoms with Crippen LogP contribution in [0.5, 0.6) is 5.75 Å². The van der Waals surface area contributed by atoms with E-state index in [0.717, 1.165) is 19.4 Å². The Hall–Kier alpha value is -2.26. The van der Waals surface area contributed by atoms with Gasteiger partial charge in [0.15, 0.2) is 5.69 Å². The predicted octanol–water partition coefficient (Wildman–Crippen LogP) is 2.47. The summed E-state index contributed by atoms with van der Waals surface area (Å²) >= 11 is 0. The van der Waals surface area contributed by atoms with Crippen LogP contribution in [0.4, 0.5) is 8.78 Å². The quantitative estimate of drug-likeness (QED) is 0.804. The molecule has 2 N–H and O–H groups in total. The van der Waals surface area contributed by atoms with Crippen LogP contribution in [0.2, 0.25) is 0 Å². The molecular formula is C17H22ClF2N5O2. The number of hydrogen-bond acceptors (Lipinski definition) is 5. The molecule has 7 nitrogen and oxygen atoms in total. The largest absolute Gasteiger partial charge is 0.435 e. The van der Waals surface area contributed by atoms with E-state index >= 15 is 0 Å². The number of carbonyl (C=O) groups is 1. The second kappa shape index (κ2) is 9.09. The van der Waals surface area contributed by atoms with E-state index in [4.69, 9.17) is 0 Å². The molecule has 1 saturated heterocycles. The number of nitrogens with one attached hydrogen (secondary N) is 2. The first-order chi connectivity index (χ1) is 12.5. The van der Waals surface area contributed by atoms with Crippen molar-refractivity contribution in [3.05, 3.63) is 35.7 Å². The molecule has 0 spiro atoms. The maximum absolute atomic E-state index is 12.5. The van der Waals surface area contributed by atoms with E-state index in [0.29, 0.717) is 11.4 Å². The number of nitrogens with zero attached hydrogens (tertiary/aromatic N) is 3. The smallest absolute Gasteiger partial charge is 0.387 e. The number of hydrogen-bond donors (Lipinski definition) is 2. The lowest BCUT2D eigenvalue weighted by Gasteiger charge is -2.30. The van der Waals surface area contributed by atoms with E-state index in [-0.39, 0.29) is 41.8 Å². The highest BCUT2D eigenvalue weighted by atomic mass is 35.5. The van der Waals surface area contributed by atoms with Gasteiger partial charge in [0, 0.05) is 12.1 Å². The highest BCUT2D eigenvalue weighted by molar-refractivity contribution is 5.93. The molecule has 27 heavy (non-hydrogen) atoms. The van der Waals surface area contributed by atoms with Gasteiger partial charge in [-0.05, 0) is 57.5 Å². The third-order valence-electron chi connectivity index (χ3n) is 4.49. The van der Waals surface area contributed by atoms with E-state index in [1.165, 1.54) is 16.8 Å². The summed E-state index contributed by atoms with van der Waals surface area (Å²) in [6.07, 6.45) is 1.92. The van der Waals surface area contributed by atoms with Gasteiger partial charge in [-0.1, -0.05) is 5.21 Å². The molecule has 10 heteroatoms. The summed E-state index contributed by atoms with van der Waals surface area (Å²) in [5.41, 5.74) is 1.42. The Morgan fingerprint density at radius 3 is 2.70 bits per heavy atom. The van der Waals surface area contributed by atoms with Crippen LogP contribution >= 0.6 is 12.4 Å². The van der Waals surface area contributed by atoms with Gasteiger partial charge in [0.25, 0.3) is 5.91 Å². The van der Waals surface area contributed by atoms with Gasteiger partial charge in [-0.2, -0.15) is 8.78 Å². The van der Waals surface area contributed by atoms with Gasteiger partial charge >= 0.3 is 6.61 Å². The molecule has 2 aromatic rings. The summed E-state index contributed by atoms with van der Waals surface area (Å²) in [6.45, 7) is 1.85. The van der Waals surface area contributed by atoms with Crippen LogP contribution in [0.25, 0.3) is 5.69 Å². The zero-order valence-electron chi connectivity index (χ0n) is 15.0. The number of alkyl halides is 2. The Kier molecular flexibility index (Phi) is 7.09. The maximum atomic E-state index is 12.5. The normalized spacial score (nSPS) is 19.4. The minimum Gasteiger partial charge on any atom is -0.435 e. The third-order valence-corrected chi connectivity index (χ3v) is 4.49. The predicted molar refractivity (Wildman–Crippen MR) is 97.9 cm³/mol. The van der Waals surface area contributed by atoms with Crippen LogP contribution in [0, 0.1) is 6.92 Å². The summed E-state index contributed by atoms with van der Waals surface area (Å²) in [5.74, 6) is -0.217. The van der Waals surface area contributed by atoms with Gasteiger partial charge in [0.2, 0.25) is 0 Å². The minimum absolute atomic E-state index is 0. The first-order valence-corrected chi connectivity index (χ1v) is 8.47. The molecule has 148 valence electrons. The van der Waals surface area contributed by atoms with Gasteiger partial charge in [-0.3, -0.25) is 4.79 Å². The zero-order valence-corrected chi connectivity index (χ0v) is 15.8. The number of halogens is 3. The fourth-order valence-electron chi connectivity index (χ4n) is 3.03. The van der Waals surface area contributed by atoms with Crippen LogP contribution in [-0.4, -0.2) is 46.1 Å². The molecule has 1 aromatic carbocycles. The topological polar surface area (TPSA) is 81.1 Å². The molecule has 2 heterocycles. The number of ether oxygens (including phenoxy) is 1. The van der Waals surface area contributed by atoms with Crippen molar-refractivity contribution < 1.29 is 18.3 Å². The summed E-state index contributed by atoms with van der Waals surface area (Å²) in [5, 5.41) is 14.3. The summed E-state index contributed by atoms with van der Waals surface area (Å²) in [6, 6.07) is 6.23. The SMILES string of the molecule is Cc1c(C(=O)NC2CCCNC2C)nnn1-c1ccc(OC(F)F)cc1.Cl. The summed E-state index contributed by atoms with van der Waals surface area (Å²) < 4.78 is 30.3. The number of aromatic nitrogens is 3. The molecule has 1 aromatic heterocycles. The highest BCUT2D eigenvalue weighted by Crippen LogP contribution is 2.19. The molecule has 1 fully saturated rings. The van der Waals surface area contributed by atoms with Crippen molar-refractivity contribution in [1.82, 2.24) is 25.6 Å². The van der Waals surface area contributed by atoms with Crippen LogP contribution in [0.15, 0.2) is 24.3 Å². The fourth-order valence-corrected chi connectivity index (χ4v) is 3.03. The van der Waals surface area contributed by atoms with Crippen molar-refractivity contribution in [3.63, 3.8) is 0 Å². The third kappa shape index (κ3) is 4.92. The van der Waals surface area contributed by atoms with Crippen molar-refractivity contribution in [2.75, 3.05) is 6.54 Å². The standard InChI is InChI=1S/C17H21F2N5O2.ClH/c1-10-14(4-3-9-20-10)21-16(25)15-11(2)24(23-22-15)12-5-7-13(8-6-12)26-17(18)19;/h5-8,10,14,17,20H,3-4,9H2,1-2H3,(H,21,25);1H. The van der Waals surface area contributed by atoms with Crippen molar-refractivity contribution in [3.8, 4) is 11.4 Å². The molecule has 2 unspecified atom stereocenters. The number of piperidine rings is 1. The second-order valence-corrected chi connectivity index (χ2v) is 6.27. The lowest BCUT2D eigenvalue weighted by Crippen LogP contribution is -2.52. The van der Waals surface area contributed by atoms with E-state index in [1.807, 2.05) is 6.92 Å². The van der Waals surface area contributed by atoms with Gasteiger partial charge < -0.3 is 15.4 Å². The maximum Gasteiger partial charge on any atom is 0.387 e. The Morgan fingerprint density at radius 2 is 2.07 bits per heavy atom. The molecule has 0 saturated carbocycles. The zero-order chi connectivity index (χ0) is 18.7. The molecule has 0 bridgehead atoms. The Balaban J connectivity index is 0.00000261. The van der Waals surface area contributed by atoms with E-state index in [1.54, 1.807) is 19.1 Å². The van der Waals surface area contributed by atoms with Crippen molar-refractivity contribution >= 4 is 18.3 Å². The lowest BCUT2D eigenvalue weighted by molar-refractivity contribution is -0.0498. The van der Waals surface area contributed by atoms with Crippen LogP contribution < -0.4 is 15.4 Å². The summed E-state index contributed by atoms with van der Waals surface area (Å²) in [4.78, 5) is 12.5. The lowest BCUT2D eigenvalue weighted by atomic mass is 10.00. The molecule has 3 rings (SSSR count). The van der Waals surface area contributed by atoms with E-state index in [2.05, 4.69) is 25.7 Å². The molecule has 1 aliphatic heterocycles. The average molecular weight is 402 g/mol. The highest BCUT2D eigenvalue weighted by Gasteiger charge is 2.25. The number of rotatable bonds is 5. The van der Waals surface area contributed by atoms with Gasteiger partial charge in [0.05, 0.1) is 11.4 Å². The first kappa shape index (κ1) is 21.0. The summed E-state index contributed by atoms with van der Waals surface area (Å²) in [7, 11) is 0. The van der Waals surface area contributed by atoms with Gasteiger partial charge in [0.1, 0.15) is 5.75 Å². The number of carbonyl (C=O) groups excluding carboxylic acids is 1. The van der Waals surface area contributed by atoms with Crippen LogP contribution in [0.3, 0.4) is 0 Å². The van der Waals surface area contributed by atoms with Crippen molar-refractivity contribution in [2.24, 2.45) is 0 Å². The number of benzene rings is 1. The average Bonchev–Trinajstić information content (AvgIpc) is 2.99. The van der Waals surface area contributed by atoms with Crippen molar-refractivity contribution in [2.45, 2.75) is 45.4 Å². The second-order valence-electron chi connectivity index (χ2n) is 6.27. The van der Waals surface area contributed by atoms with Gasteiger partial charge in [-0.25, -0.2) is 4.68 Å². The first-order valence-electron chi connectivity index (χ1n) is 8.47. The Morgan fingerprint density at radius 1 is 1.37 bits per heavy atom. The molecule has 1 aliphatic rings. The van der Waals surface area contributed by atoms with E-state index in [9.17, 15) is 13.6 Å². The minimum atomic E-state index is -2.87. The van der Waals surface area contributed by atoms with Crippen molar-refractivity contribution in [1.29, 1.82) is 0 Å². The fraction of sp³-hybridized carbons (Fsp3) is 0.471. The Bertz CT molecular complexity index is 769. The molecule has 0 radical (unpaired) electrons. The molecule has 1 amide bonds. The molecular weight excluding hydrogens is 380 g/mol. The van der Waals surface area contributed by atoms with E-state index < -0.39 is 6.61 Å². The molecule has 0 aliphatic carbocycles. The Labute approximate surface area is 161 Å². The monoisotopic (exact) mass is 401 g/mol. The molecule has 2 atom stereocenters. The van der Waals surface area contributed by atoms with Gasteiger partial charge in [-0.15, -0.1) is 17.5 Å². The van der Waals surface area contributed by atoms with Crippen LogP contribution in [-0.2, 0) is 0 Å².